The van der Waals surface area contributed by atoms with Crippen LogP contribution in [0.15, 0.2) is 48.5 Å². The molecule has 1 saturated heterocycles. The molecule has 1 heterocycles. The molecule has 0 spiro atoms. The Bertz CT molecular complexity index is 1090. The first-order chi connectivity index (χ1) is 15.7. The van der Waals surface area contributed by atoms with E-state index < -0.39 is 35.5 Å². The van der Waals surface area contributed by atoms with Gasteiger partial charge in [0.1, 0.15) is 11.9 Å². The molecule has 2 aromatic carbocycles. The zero-order valence-corrected chi connectivity index (χ0v) is 18.6. The number of carbonyl (C=O) groups is 4. The Hall–Kier alpha value is -3.86. The molecular formula is C22H21FN4O5S. The molecule has 33 heavy (non-hydrogen) atoms. The van der Waals surface area contributed by atoms with Gasteiger partial charge in [-0.25, -0.2) is 14.2 Å². The highest BCUT2D eigenvalue weighted by molar-refractivity contribution is 7.80. The molecule has 0 aromatic heterocycles. The Morgan fingerprint density at radius 2 is 1.67 bits per heavy atom. The molecule has 1 aliphatic heterocycles. The van der Waals surface area contributed by atoms with Gasteiger partial charge in [0.25, 0.3) is 11.8 Å². The first-order valence-corrected chi connectivity index (χ1v) is 10.4. The number of hydrazine groups is 1. The minimum Gasteiger partial charge on any atom is -0.462 e. The highest BCUT2D eigenvalue weighted by Gasteiger charge is 2.42. The van der Waals surface area contributed by atoms with E-state index in [1.165, 1.54) is 43.4 Å². The van der Waals surface area contributed by atoms with Crippen LogP contribution >= 0.6 is 12.2 Å². The van der Waals surface area contributed by atoms with Crippen LogP contribution in [0, 0.1) is 5.82 Å². The third-order valence-electron chi connectivity index (χ3n) is 4.81. The maximum Gasteiger partial charge on any atom is 0.338 e. The molecule has 1 fully saturated rings. The van der Waals surface area contributed by atoms with Gasteiger partial charge in [-0.3, -0.25) is 24.7 Å². The Morgan fingerprint density at radius 3 is 2.27 bits per heavy atom. The molecule has 1 aliphatic rings. The van der Waals surface area contributed by atoms with E-state index in [9.17, 15) is 23.6 Å². The average Bonchev–Trinajstić information content (AvgIpc) is 2.98. The summed E-state index contributed by atoms with van der Waals surface area (Å²) >= 11 is 5.23. The van der Waals surface area contributed by atoms with Gasteiger partial charge in [0, 0.05) is 18.3 Å². The second-order valence-electron chi connectivity index (χ2n) is 7.06. The van der Waals surface area contributed by atoms with E-state index >= 15 is 0 Å². The maximum atomic E-state index is 13.1. The van der Waals surface area contributed by atoms with E-state index in [0.717, 1.165) is 22.0 Å². The van der Waals surface area contributed by atoms with E-state index in [2.05, 4.69) is 10.7 Å². The van der Waals surface area contributed by atoms with Crippen LogP contribution in [0.1, 0.15) is 34.1 Å². The summed E-state index contributed by atoms with van der Waals surface area (Å²) in [5.41, 5.74) is 3.42. The Balaban J connectivity index is 1.67. The quantitative estimate of drug-likeness (QED) is 0.469. The molecule has 0 bridgehead atoms. The van der Waals surface area contributed by atoms with Gasteiger partial charge in [-0.1, -0.05) is 0 Å². The van der Waals surface area contributed by atoms with Crippen molar-refractivity contribution in [1.29, 1.82) is 0 Å². The number of halogens is 1. The number of hydrogen-bond acceptors (Lipinski definition) is 6. The van der Waals surface area contributed by atoms with E-state index in [-0.39, 0.29) is 23.7 Å². The van der Waals surface area contributed by atoms with Crippen molar-refractivity contribution in [1.82, 2.24) is 15.3 Å². The van der Waals surface area contributed by atoms with Crippen LogP contribution in [0.25, 0.3) is 0 Å². The number of esters is 1. The van der Waals surface area contributed by atoms with E-state index in [1.807, 2.05) is 0 Å². The van der Waals surface area contributed by atoms with Crippen LogP contribution in [0.2, 0.25) is 0 Å². The van der Waals surface area contributed by atoms with E-state index in [4.69, 9.17) is 17.0 Å². The summed E-state index contributed by atoms with van der Waals surface area (Å²) in [4.78, 5) is 50.6. The number of rotatable bonds is 7. The molecule has 0 saturated carbocycles. The summed E-state index contributed by atoms with van der Waals surface area (Å²) in [7, 11) is 1.44. The van der Waals surface area contributed by atoms with Crippen molar-refractivity contribution in [3.05, 3.63) is 65.5 Å². The Morgan fingerprint density at radius 1 is 1.06 bits per heavy atom. The summed E-state index contributed by atoms with van der Waals surface area (Å²) < 4.78 is 18.0. The zero-order chi connectivity index (χ0) is 24.1. The van der Waals surface area contributed by atoms with Crippen molar-refractivity contribution in [2.24, 2.45) is 0 Å². The summed E-state index contributed by atoms with van der Waals surface area (Å²) in [6, 6.07) is 9.86. The molecule has 0 radical (unpaired) electrons. The predicted octanol–water partition coefficient (Wildman–Crippen LogP) is 2.10. The lowest BCUT2D eigenvalue weighted by Gasteiger charge is -2.24. The number of likely N-dealkylation sites (N-methyl/N-ethyl adjacent to an activating group) is 1. The molecule has 3 rings (SSSR count). The monoisotopic (exact) mass is 472 g/mol. The molecule has 11 heteroatoms. The van der Waals surface area contributed by atoms with Gasteiger partial charge in [-0.15, -0.1) is 0 Å². The molecule has 172 valence electrons. The fourth-order valence-electron chi connectivity index (χ4n) is 3.09. The van der Waals surface area contributed by atoms with E-state index in [1.54, 1.807) is 6.92 Å². The van der Waals surface area contributed by atoms with Crippen molar-refractivity contribution in [2.75, 3.05) is 19.0 Å². The lowest BCUT2D eigenvalue weighted by molar-refractivity contribution is -0.130. The number of hydrogen-bond donors (Lipinski definition) is 2. The highest BCUT2D eigenvalue weighted by atomic mass is 32.1. The van der Waals surface area contributed by atoms with Crippen molar-refractivity contribution < 1.29 is 28.3 Å². The Kier molecular flexibility index (Phi) is 7.34. The maximum absolute atomic E-state index is 13.1. The van der Waals surface area contributed by atoms with Gasteiger partial charge >= 0.3 is 5.97 Å². The highest BCUT2D eigenvalue weighted by Crippen LogP contribution is 2.19. The first-order valence-electron chi connectivity index (χ1n) is 9.95. The number of thiocarbonyl (C=S) groups is 1. The van der Waals surface area contributed by atoms with Crippen LogP contribution in [0.3, 0.4) is 0 Å². The van der Waals surface area contributed by atoms with Gasteiger partial charge in [0.15, 0.2) is 5.11 Å². The van der Waals surface area contributed by atoms with Crippen LogP contribution in [-0.4, -0.2) is 58.4 Å². The van der Waals surface area contributed by atoms with Crippen LogP contribution in [-0.2, 0) is 14.3 Å². The normalized spacial score (nSPS) is 15.4. The van der Waals surface area contributed by atoms with Gasteiger partial charge in [0.2, 0.25) is 5.91 Å². The molecule has 0 aliphatic carbocycles. The van der Waals surface area contributed by atoms with Crippen molar-refractivity contribution in [2.45, 2.75) is 19.4 Å². The number of carbonyl (C=O) groups excluding carboxylic acids is 4. The van der Waals surface area contributed by atoms with Crippen LogP contribution < -0.4 is 10.7 Å². The second-order valence-corrected chi connectivity index (χ2v) is 7.43. The molecule has 2 N–H and O–H groups in total. The average molecular weight is 472 g/mol. The summed E-state index contributed by atoms with van der Waals surface area (Å²) in [6.07, 6.45) is -0.299. The van der Waals surface area contributed by atoms with Crippen LogP contribution in [0.5, 0.6) is 0 Å². The van der Waals surface area contributed by atoms with Crippen LogP contribution in [0.4, 0.5) is 10.1 Å². The lowest BCUT2D eigenvalue weighted by Crippen LogP contribution is -2.49. The third kappa shape index (κ3) is 5.50. The molecule has 2 aromatic rings. The van der Waals surface area contributed by atoms with E-state index in [0.29, 0.717) is 11.3 Å². The van der Waals surface area contributed by atoms with Gasteiger partial charge in [0.05, 0.1) is 18.6 Å². The smallest absolute Gasteiger partial charge is 0.338 e. The topological polar surface area (TPSA) is 108 Å². The summed E-state index contributed by atoms with van der Waals surface area (Å²) in [6.45, 7) is 1.95. The Labute approximate surface area is 194 Å². The molecular weight excluding hydrogens is 451 g/mol. The number of ether oxygens (including phenoxy) is 1. The second kappa shape index (κ2) is 10.2. The number of nitrogens with one attached hydrogen (secondary N) is 2. The molecule has 3 amide bonds. The largest absolute Gasteiger partial charge is 0.462 e. The fourth-order valence-corrected chi connectivity index (χ4v) is 3.36. The lowest BCUT2D eigenvalue weighted by atomic mass is 10.1. The number of anilines is 1. The van der Waals surface area contributed by atoms with Crippen molar-refractivity contribution in [3.63, 3.8) is 0 Å². The minimum atomic E-state index is -1.06. The molecule has 1 unspecified atom stereocenters. The van der Waals surface area contributed by atoms with Crippen molar-refractivity contribution in [3.8, 4) is 0 Å². The van der Waals surface area contributed by atoms with Gasteiger partial charge in [-0.2, -0.15) is 0 Å². The SMILES string of the molecule is CCOC(=O)c1ccc(NC(=O)CC2C(=O)N(C)C(=S)N2NC(=O)c2ccc(F)cc2)cc1. The minimum absolute atomic E-state index is 0.0204. The number of benzene rings is 2. The third-order valence-corrected chi connectivity index (χ3v) is 5.28. The number of nitrogens with zero attached hydrogens (tertiary/aromatic N) is 2. The zero-order valence-electron chi connectivity index (χ0n) is 17.8. The fraction of sp³-hybridized carbons (Fsp3) is 0.227. The summed E-state index contributed by atoms with van der Waals surface area (Å²) in [5, 5.41) is 3.81. The summed E-state index contributed by atoms with van der Waals surface area (Å²) in [5.74, 6) is -2.55. The molecule has 1 atom stereocenters. The van der Waals surface area contributed by atoms with Gasteiger partial charge in [-0.05, 0) is 67.7 Å². The first kappa shape index (κ1) is 23.8. The molecule has 9 nitrogen and oxygen atoms in total. The number of amides is 3. The van der Waals surface area contributed by atoms with Gasteiger partial charge < -0.3 is 10.1 Å². The van der Waals surface area contributed by atoms with Crippen molar-refractivity contribution >= 4 is 46.7 Å². The standard InChI is InChI=1S/C22H21FN4O5S/c1-3-32-21(31)14-6-10-16(11-7-14)24-18(28)12-17-20(30)26(2)22(33)27(17)25-19(29)13-4-8-15(23)9-5-13/h4-11,17H,3,12H2,1-2H3,(H,24,28)(H,25,29). The predicted molar refractivity (Wildman–Crippen MR) is 121 cm³/mol.